The molecule has 0 spiro atoms. The topological polar surface area (TPSA) is 132 Å². The normalized spacial score (nSPS) is 26.0. The van der Waals surface area contributed by atoms with Crippen LogP contribution in [0.3, 0.4) is 0 Å². The molecule has 0 bridgehead atoms. The fraction of sp³-hybridized carbons (Fsp3) is 0.478. The molecule has 4 heterocycles. The van der Waals surface area contributed by atoms with Gasteiger partial charge in [-0.05, 0) is 68.0 Å². The zero-order chi connectivity index (χ0) is 25.4. The van der Waals surface area contributed by atoms with Crippen LogP contribution in [0.4, 0.5) is 14.6 Å². The minimum absolute atomic E-state index is 0.0363. The van der Waals surface area contributed by atoms with Gasteiger partial charge in [0.1, 0.15) is 40.1 Å². The highest BCUT2D eigenvalue weighted by Crippen LogP contribution is 2.47. The largest absolute Gasteiger partial charge is 0.461 e. The molecule has 1 fully saturated rings. The summed E-state index contributed by atoms with van der Waals surface area (Å²) >= 11 is 0. The van der Waals surface area contributed by atoms with Crippen molar-refractivity contribution in [3.63, 3.8) is 0 Å². The Kier molecular flexibility index (Phi) is 6.62. The molecule has 0 aliphatic carbocycles. The van der Waals surface area contributed by atoms with E-state index in [4.69, 9.17) is 5.73 Å². The minimum Gasteiger partial charge on any atom is -0.461 e. The number of hydrogen-bond acceptors (Lipinski definition) is 7. The Morgan fingerprint density at radius 3 is 2.74 bits per heavy atom. The molecule has 12 heteroatoms. The van der Waals surface area contributed by atoms with Crippen molar-refractivity contribution >= 4 is 27.7 Å². The second kappa shape index (κ2) is 9.23. The second-order valence-corrected chi connectivity index (χ2v) is 12.8. The molecule has 0 saturated carbocycles. The lowest BCUT2D eigenvalue weighted by atomic mass is 9.88. The number of aromatic nitrogens is 2. The molecule has 2 aliphatic rings. The summed E-state index contributed by atoms with van der Waals surface area (Å²) < 4.78 is 48.9. The summed E-state index contributed by atoms with van der Waals surface area (Å²) in [5.74, 6) is -0.806. The number of halogens is 2. The van der Waals surface area contributed by atoms with Crippen molar-refractivity contribution < 1.29 is 22.5 Å². The highest BCUT2D eigenvalue weighted by molar-refractivity contribution is 8.03. The van der Waals surface area contributed by atoms with Crippen molar-refractivity contribution in [3.8, 4) is 5.75 Å². The number of nitrogens with one attached hydrogen (secondary N) is 2. The van der Waals surface area contributed by atoms with Gasteiger partial charge in [-0.2, -0.15) is 0 Å². The number of rotatable bonds is 5. The van der Waals surface area contributed by atoms with Gasteiger partial charge in [-0.25, -0.2) is 18.7 Å². The molecule has 2 aromatic rings. The molecule has 2 atom stereocenters. The van der Waals surface area contributed by atoms with Gasteiger partial charge in [-0.3, -0.25) is 18.7 Å². The summed E-state index contributed by atoms with van der Waals surface area (Å²) in [6.07, 6.45) is 3.42. The lowest BCUT2D eigenvalue weighted by Crippen LogP contribution is -2.67. The molecule has 0 radical (unpaired) electrons. The van der Waals surface area contributed by atoms with Gasteiger partial charge in [0.05, 0.1) is 16.2 Å². The lowest BCUT2D eigenvalue weighted by Gasteiger charge is -2.53. The molecule has 0 unspecified atom stereocenters. The van der Waals surface area contributed by atoms with E-state index in [2.05, 4.69) is 29.7 Å². The van der Waals surface area contributed by atoms with Crippen LogP contribution < -0.4 is 20.5 Å². The average Bonchev–Trinajstić information content (AvgIpc) is 3.03. The van der Waals surface area contributed by atoms with Gasteiger partial charge in [0.2, 0.25) is 6.86 Å². The van der Waals surface area contributed by atoms with E-state index in [9.17, 15) is 13.4 Å². The van der Waals surface area contributed by atoms with Gasteiger partial charge < -0.3 is 15.8 Å². The third-order valence-electron chi connectivity index (χ3n) is 6.91. The zero-order valence-corrected chi connectivity index (χ0v) is 20.7. The van der Waals surface area contributed by atoms with Crippen molar-refractivity contribution in [2.75, 3.05) is 18.7 Å². The van der Waals surface area contributed by atoms with Crippen LogP contribution in [-0.2, 0) is 15.7 Å². The first-order valence-corrected chi connectivity index (χ1v) is 13.1. The van der Waals surface area contributed by atoms with E-state index in [0.717, 1.165) is 12.8 Å². The molecule has 2 aromatic heterocycles. The molecule has 9 nitrogen and oxygen atoms in total. The first-order chi connectivity index (χ1) is 16.5. The van der Waals surface area contributed by atoms with Gasteiger partial charge in [-0.15, -0.1) is 0 Å². The number of fused-ring (bicyclic) bond motifs is 1. The average molecular weight is 509 g/mol. The number of hydrogen-bond donors (Lipinski definition) is 4. The molecule has 35 heavy (non-hydrogen) atoms. The van der Waals surface area contributed by atoms with Crippen LogP contribution in [0.1, 0.15) is 56.2 Å². The Morgan fingerprint density at radius 2 is 2.06 bits per heavy atom. The van der Waals surface area contributed by atoms with E-state index < -0.39 is 44.2 Å². The number of nitrogens with two attached hydrogens (primary N) is 1. The molecular formula is C23H30F2N6O3S. The van der Waals surface area contributed by atoms with E-state index >= 15 is 4.39 Å². The van der Waals surface area contributed by atoms with Gasteiger partial charge in [-0.1, -0.05) is 6.42 Å². The molecule has 2 aliphatic heterocycles. The van der Waals surface area contributed by atoms with Crippen molar-refractivity contribution in [1.82, 2.24) is 14.7 Å². The molecule has 4 rings (SSSR count). The Balaban J connectivity index is 1.71. The van der Waals surface area contributed by atoms with Crippen LogP contribution >= 0.6 is 0 Å². The number of nitrogens with zero attached hydrogens (tertiary/aromatic N) is 3. The molecule has 190 valence electrons. The Bertz CT molecular complexity index is 1210. The van der Waals surface area contributed by atoms with Crippen molar-refractivity contribution in [3.05, 3.63) is 47.7 Å². The molecule has 0 aromatic carbocycles. The maximum absolute atomic E-state index is 15.2. The summed E-state index contributed by atoms with van der Waals surface area (Å²) in [5, 5.41) is 2.07. The number of thiol groups is 1. The first kappa shape index (κ1) is 25.1. The summed E-state index contributed by atoms with van der Waals surface area (Å²) in [6, 6.07) is 5.29. The van der Waals surface area contributed by atoms with Crippen LogP contribution in [0.25, 0.3) is 0 Å². The van der Waals surface area contributed by atoms with Gasteiger partial charge >= 0.3 is 0 Å². The van der Waals surface area contributed by atoms with Gasteiger partial charge in [0.15, 0.2) is 0 Å². The summed E-state index contributed by atoms with van der Waals surface area (Å²) in [5.41, 5.74) is 5.02. The van der Waals surface area contributed by atoms with Gasteiger partial charge in [0, 0.05) is 6.54 Å². The minimum atomic E-state index is -3.18. The van der Waals surface area contributed by atoms with Crippen molar-refractivity contribution in [2.24, 2.45) is 10.7 Å². The number of alkyl halides is 1. The standard InChI is InChI=1S/C23H30F2N6O3S/c1-22(2)21(26)31-23(3,17-6-4-5-11-28-35(17,22)33)19-15(25)8-10-18(29-19)30-20(32)16-9-7-14(12-27-16)34-13-24/h7-10,12,17,35H,4-6,11,13H2,1-3H3,(H2,26,31)(H,28,33)(H,29,30,32)/t17-,23+/m1/s1. The van der Waals surface area contributed by atoms with E-state index in [1.807, 2.05) is 0 Å². The van der Waals surface area contributed by atoms with Crippen LogP contribution in [0.15, 0.2) is 35.5 Å². The highest BCUT2D eigenvalue weighted by atomic mass is 32.3. The Labute approximate surface area is 203 Å². The van der Waals surface area contributed by atoms with E-state index in [1.54, 1.807) is 20.8 Å². The predicted molar refractivity (Wildman–Crippen MR) is 131 cm³/mol. The fourth-order valence-electron chi connectivity index (χ4n) is 4.77. The van der Waals surface area contributed by atoms with Crippen LogP contribution in [0, 0.1) is 5.82 Å². The Morgan fingerprint density at radius 1 is 1.29 bits per heavy atom. The number of ether oxygens (including phenoxy) is 1. The van der Waals surface area contributed by atoms with E-state index in [0.29, 0.717) is 13.0 Å². The Hall–Kier alpha value is -2.99. The number of anilines is 1. The molecule has 1 saturated heterocycles. The van der Waals surface area contributed by atoms with E-state index in [1.165, 1.54) is 30.5 Å². The maximum atomic E-state index is 15.2. The van der Waals surface area contributed by atoms with Crippen LogP contribution in [0.5, 0.6) is 5.75 Å². The fourth-order valence-corrected chi connectivity index (χ4v) is 8.48. The maximum Gasteiger partial charge on any atom is 0.275 e. The molecule has 1 amide bonds. The van der Waals surface area contributed by atoms with Crippen LogP contribution in [-0.4, -0.2) is 49.3 Å². The first-order valence-electron chi connectivity index (χ1n) is 11.4. The number of amidine groups is 1. The molecule has 4 N–H and O–H groups in total. The van der Waals surface area contributed by atoms with E-state index in [-0.39, 0.29) is 28.8 Å². The number of carbonyl (C=O) groups is 1. The highest BCUT2D eigenvalue weighted by Gasteiger charge is 2.57. The van der Waals surface area contributed by atoms with Crippen LogP contribution in [0.2, 0.25) is 0 Å². The lowest BCUT2D eigenvalue weighted by molar-refractivity contribution is 0.102. The second-order valence-electron chi connectivity index (χ2n) is 9.39. The van der Waals surface area contributed by atoms with Gasteiger partial charge in [0.25, 0.3) is 5.91 Å². The van der Waals surface area contributed by atoms with Crippen molar-refractivity contribution in [1.29, 1.82) is 0 Å². The predicted octanol–water partition coefficient (Wildman–Crippen LogP) is 2.61. The monoisotopic (exact) mass is 508 g/mol. The quantitative estimate of drug-likeness (QED) is 0.459. The smallest absolute Gasteiger partial charge is 0.275 e. The number of pyridine rings is 2. The number of amides is 1. The number of carbonyl (C=O) groups excluding carboxylic acids is 1. The molecular weight excluding hydrogens is 478 g/mol. The summed E-state index contributed by atoms with van der Waals surface area (Å²) in [7, 11) is -3.18. The third kappa shape index (κ3) is 4.29. The van der Waals surface area contributed by atoms with Crippen molar-refractivity contribution in [2.45, 2.75) is 55.6 Å². The number of aliphatic imine (C=N–C) groups is 1. The summed E-state index contributed by atoms with van der Waals surface area (Å²) in [6.45, 7) is 4.86. The SMILES string of the molecule is CC1(C)C(N)=N[C@](C)(c2nc(NC(=O)c3ccc(OCF)cn3)ccc2F)[C@H]2CCCCN[SH]21=O. The zero-order valence-electron chi connectivity index (χ0n) is 19.8. The summed E-state index contributed by atoms with van der Waals surface area (Å²) in [4.78, 5) is 25.7. The third-order valence-corrected chi connectivity index (χ3v) is 11.1.